The van der Waals surface area contributed by atoms with Crippen LogP contribution >= 0.6 is 0 Å². The van der Waals surface area contributed by atoms with Gasteiger partial charge in [0, 0.05) is 38.8 Å². The maximum Gasteiger partial charge on any atom is 0.245 e. The van der Waals surface area contributed by atoms with Gasteiger partial charge in [0.1, 0.15) is 60.4 Å². The molecule has 2 aliphatic heterocycles. The Kier molecular flexibility index (Phi) is 47.5. The molecule has 0 saturated carbocycles. The zero-order valence-electron chi connectivity index (χ0n) is 68.0. The van der Waals surface area contributed by atoms with E-state index in [1.807, 2.05) is 0 Å². The standard InChI is InChI=1S/C85H135N17O13/c1-2-3-4-5-6-7-8-9-10-11-12-13-23-48-74(104)92-63-45-28-34-53-91-76(106)72(58-73(90)103)101-81(111)64(42-24-30-49-86)94-78(108)67-46-29-35-54-102(85(115)68(98-77(63)107)47-27-33-52-89)59-75(105)93-69(55-60-36-17-14-18-37-60)82(112)95-65(43-25-31-50-87)79(109)99-70(56-61-38-19-15-20-39-61)83(113)96-66(44-26-32-51-88)80(110)100-71(84(114)97-67)57-62-40-21-16-22-41-62/h14-22,36-41,63-72H,2-13,23-35,42-59,86-89H2,1H3,(H2,90,103)(H,91,106)(H,92,104)(H,93,105)(H,94,108)(H,95,112)(H,96,113)(H,97,114)(H,98,107)(H,99,109)(H,100,110)(H,101,111). The number of carbonyl (C=O) groups excluding carboxylic acids is 13. The second-order valence-electron chi connectivity index (χ2n) is 30.6. The van der Waals surface area contributed by atoms with Crippen molar-refractivity contribution in [3.8, 4) is 0 Å². The van der Waals surface area contributed by atoms with Gasteiger partial charge in [-0.2, -0.15) is 0 Å². The van der Waals surface area contributed by atoms with E-state index < -0.39 is 150 Å². The first-order valence-electron chi connectivity index (χ1n) is 42.5. The fourth-order valence-corrected chi connectivity index (χ4v) is 14.3. The van der Waals surface area contributed by atoms with Gasteiger partial charge in [-0.3, -0.25) is 62.3 Å². The van der Waals surface area contributed by atoms with E-state index in [1.54, 1.807) is 91.0 Å². The summed E-state index contributed by atoms with van der Waals surface area (Å²) in [4.78, 5) is 194. The summed E-state index contributed by atoms with van der Waals surface area (Å²) < 4.78 is 0. The Morgan fingerprint density at radius 3 is 1.20 bits per heavy atom. The van der Waals surface area contributed by atoms with Crippen LogP contribution in [0, 0.1) is 0 Å². The minimum atomic E-state index is -1.55. The average molecular weight is 1600 g/mol. The Balaban J connectivity index is 1.68. The molecule has 115 heavy (non-hydrogen) atoms. The van der Waals surface area contributed by atoms with E-state index in [-0.39, 0.29) is 136 Å². The lowest BCUT2D eigenvalue weighted by molar-refractivity contribution is -0.141. The van der Waals surface area contributed by atoms with Crippen LogP contribution in [0.15, 0.2) is 91.0 Å². The number of primary amides is 1. The molecule has 3 aromatic rings. The molecule has 10 atom stereocenters. The minimum absolute atomic E-state index is 0.00250. The number of benzene rings is 3. The van der Waals surface area contributed by atoms with Gasteiger partial charge >= 0.3 is 0 Å². The van der Waals surface area contributed by atoms with Crippen molar-refractivity contribution < 1.29 is 62.3 Å². The predicted molar refractivity (Wildman–Crippen MR) is 443 cm³/mol. The molecule has 2 fully saturated rings. The van der Waals surface area contributed by atoms with Crippen molar-refractivity contribution in [2.24, 2.45) is 28.7 Å². The van der Waals surface area contributed by atoms with Gasteiger partial charge in [0.25, 0.3) is 0 Å². The number of rotatable bonds is 39. The highest BCUT2D eigenvalue weighted by Crippen LogP contribution is 2.19. The molecule has 2 bridgehead atoms. The highest BCUT2D eigenvalue weighted by atomic mass is 16.2. The second kappa shape index (κ2) is 56.8. The maximum atomic E-state index is 15.7. The first kappa shape index (κ1) is 96.2. The molecule has 2 heterocycles. The normalized spacial score (nSPS) is 22.2. The van der Waals surface area contributed by atoms with E-state index in [9.17, 15) is 19.2 Å². The van der Waals surface area contributed by atoms with Crippen molar-refractivity contribution >= 4 is 76.8 Å². The zero-order valence-corrected chi connectivity index (χ0v) is 68.0. The molecule has 5 rings (SSSR count). The van der Waals surface area contributed by atoms with Gasteiger partial charge in [0.15, 0.2) is 0 Å². The topological polar surface area (TPSA) is 488 Å². The average Bonchev–Trinajstić information content (AvgIpc) is 0.951. The molecule has 0 aliphatic carbocycles. The quantitative estimate of drug-likeness (QED) is 0.0362. The van der Waals surface area contributed by atoms with Crippen LogP contribution in [-0.2, 0) is 81.6 Å². The highest BCUT2D eigenvalue weighted by Gasteiger charge is 2.38. The van der Waals surface area contributed by atoms with Crippen LogP contribution in [0.5, 0.6) is 0 Å². The maximum absolute atomic E-state index is 15.7. The van der Waals surface area contributed by atoms with Crippen LogP contribution in [0.1, 0.15) is 236 Å². The molecule has 10 unspecified atom stereocenters. The van der Waals surface area contributed by atoms with Crippen LogP contribution in [0.25, 0.3) is 0 Å². The van der Waals surface area contributed by atoms with Crippen molar-refractivity contribution in [2.45, 2.75) is 298 Å². The zero-order chi connectivity index (χ0) is 83.4. The smallest absolute Gasteiger partial charge is 0.245 e. The molecule has 2 aliphatic rings. The van der Waals surface area contributed by atoms with Crippen molar-refractivity contribution in [3.05, 3.63) is 108 Å². The third kappa shape index (κ3) is 38.7. The predicted octanol–water partition coefficient (Wildman–Crippen LogP) is 3.75. The third-order valence-corrected chi connectivity index (χ3v) is 20.9. The summed E-state index contributed by atoms with van der Waals surface area (Å²) in [5.74, 6) is -10.2. The Hall–Kier alpha value is -9.39. The first-order chi connectivity index (χ1) is 55.7. The number of hydrogen-bond donors (Lipinski definition) is 16. The summed E-state index contributed by atoms with van der Waals surface area (Å²) in [6, 6.07) is 12.2. The number of amides is 13. The molecule has 2 saturated heterocycles. The summed E-state index contributed by atoms with van der Waals surface area (Å²) in [6.45, 7) is 2.12. The molecule has 638 valence electrons. The number of hydrogen-bond acceptors (Lipinski definition) is 17. The largest absolute Gasteiger partial charge is 0.370 e. The Bertz CT molecular complexity index is 3430. The van der Waals surface area contributed by atoms with Gasteiger partial charge in [-0.15, -0.1) is 0 Å². The van der Waals surface area contributed by atoms with E-state index >= 15 is 43.2 Å². The van der Waals surface area contributed by atoms with Gasteiger partial charge in [0.2, 0.25) is 76.8 Å². The molecule has 21 N–H and O–H groups in total. The van der Waals surface area contributed by atoms with Crippen LogP contribution in [0.4, 0.5) is 0 Å². The van der Waals surface area contributed by atoms with Crippen molar-refractivity contribution in [1.82, 2.24) is 63.4 Å². The number of nitrogens with one attached hydrogen (secondary N) is 11. The lowest BCUT2D eigenvalue weighted by Gasteiger charge is -2.30. The molecular weight excluding hydrogens is 1470 g/mol. The Labute approximate surface area is 680 Å². The Morgan fingerprint density at radius 2 is 0.757 bits per heavy atom. The van der Waals surface area contributed by atoms with E-state index in [0.29, 0.717) is 68.1 Å². The highest BCUT2D eigenvalue weighted by molar-refractivity contribution is 5.99. The van der Waals surface area contributed by atoms with Gasteiger partial charge in [0.05, 0.1) is 13.0 Å². The number of nitrogens with two attached hydrogens (primary N) is 5. The molecule has 0 aromatic heterocycles. The monoisotopic (exact) mass is 1600 g/mol. The molecule has 3 aromatic carbocycles. The lowest BCUT2D eigenvalue weighted by Crippen LogP contribution is -2.61. The SMILES string of the molecule is CCCCCCCCCCCCCCCC(=O)NC1CCCCNC(=O)C(CC(N)=O)NC(=O)C(CCCCN)NC(=O)C2CCCCN(CC(=O)NC(Cc3ccccc3)C(=O)NC(CCCCN)C(=O)NC(Cc3ccccc3)C(=O)NC(CCCCN)C(=O)NC(Cc3ccccc3)C(=O)N2)C(=O)C(CCCCN)NC1=O. The van der Waals surface area contributed by atoms with Crippen LogP contribution < -0.4 is 87.2 Å². The fourth-order valence-electron chi connectivity index (χ4n) is 14.3. The second-order valence-corrected chi connectivity index (χ2v) is 30.6. The summed E-state index contributed by atoms with van der Waals surface area (Å²) >= 11 is 0. The van der Waals surface area contributed by atoms with Crippen molar-refractivity contribution in [1.29, 1.82) is 0 Å². The van der Waals surface area contributed by atoms with Crippen LogP contribution in [-0.4, -0.2) is 188 Å². The van der Waals surface area contributed by atoms with Gasteiger partial charge in [-0.25, -0.2) is 0 Å². The molecule has 30 nitrogen and oxygen atoms in total. The number of unbranched alkanes of at least 4 members (excludes halogenated alkanes) is 16. The fraction of sp³-hybridized carbons (Fsp3) is 0.635. The van der Waals surface area contributed by atoms with E-state index in [2.05, 4.69) is 65.4 Å². The summed E-state index contributed by atoms with van der Waals surface area (Å²) in [5.41, 5.74) is 31.4. The van der Waals surface area contributed by atoms with Gasteiger partial charge < -0.3 is 92.1 Å². The molecule has 30 heteroatoms. The summed E-state index contributed by atoms with van der Waals surface area (Å²) in [6.07, 6.45) is 16.6. The number of fused-ring (bicyclic) bond motifs is 5. The van der Waals surface area contributed by atoms with Gasteiger partial charge in [-0.05, 0) is 165 Å². The van der Waals surface area contributed by atoms with E-state index in [1.165, 1.54) is 49.8 Å². The number of carbonyl (C=O) groups is 13. The lowest BCUT2D eigenvalue weighted by atomic mass is 10.0. The molecule has 13 amide bonds. The molecular formula is C85H135N17O13. The van der Waals surface area contributed by atoms with Crippen molar-refractivity contribution in [2.75, 3.05) is 45.8 Å². The Morgan fingerprint density at radius 1 is 0.383 bits per heavy atom. The van der Waals surface area contributed by atoms with Gasteiger partial charge in [-0.1, -0.05) is 175 Å². The van der Waals surface area contributed by atoms with Crippen LogP contribution in [0.3, 0.4) is 0 Å². The molecule has 0 radical (unpaired) electrons. The van der Waals surface area contributed by atoms with Crippen molar-refractivity contribution in [3.63, 3.8) is 0 Å². The third-order valence-electron chi connectivity index (χ3n) is 20.9. The van der Waals surface area contributed by atoms with E-state index in [0.717, 1.165) is 32.1 Å². The number of nitrogens with zero attached hydrogens (tertiary/aromatic N) is 1. The van der Waals surface area contributed by atoms with Crippen LogP contribution in [0.2, 0.25) is 0 Å². The van der Waals surface area contributed by atoms with E-state index in [4.69, 9.17) is 28.7 Å². The summed E-state index contributed by atoms with van der Waals surface area (Å²) in [7, 11) is 0. The minimum Gasteiger partial charge on any atom is -0.370 e. The summed E-state index contributed by atoms with van der Waals surface area (Å²) in [5, 5.41) is 31.1. The molecule has 0 spiro atoms. The first-order valence-corrected chi connectivity index (χ1v) is 42.5.